The van der Waals surface area contributed by atoms with E-state index >= 15 is 0 Å². The Labute approximate surface area is 246 Å². The lowest BCUT2D eigenvalue weighted by Gasteiger charge is -2.22. The summed E-state index contributed by atoms with van der Waals surface area (Å²) >= 11 is 0. The molecule has 0 heteroatoms. The zero-order valence-corrected chi connectivity index (χ0v) is 23.2. The van der Waals surface area contributed by atoms with E-state index in [2.05, 4.69) is 170 Å². The average molecular weight is 533 g/mol. The van der Waals surface area contributed by atoms with Crippen molar-refractivity contribution in [3.05, 3.63) is 170 Å². The zero-order valence-electron chi connectivity index (χ0n) is 23.2. The second-order valence-corrected chi connectivity index (χ2v) is 10.9. The van der Waals surface area contributed by atoms with E-state index in [1.54, 1.807) is 0 Å². The Morgan fingerprint density at radius 2 is 0.690 bits per heavy atom. The van der Waals surface area contributed by atoms with Gasteiger partial charge in [-0.1, -0.05) is 164 Å². The molecule has 0 heterocycles. The van der Waals surface area contributed by atoms with Crippen LogP contribution in [0.1, 0.15) is 0 Å². The van der Waals surface area contributed by atoms with Gasteiger partial charge < -0.3 is 0 Å². The molecule has 0 aliphatic heterocycles. The summed E-state index contributed by atoms with van der Waals surface area (Å²) in [6.45, 7) is 0. The van der Waals surface area contributed by atoms with Crippen LogP contribution in [-0.2, 0) is 0 Å². The quantitative estimate of drug-likeness (QED) is 0.198. The van der Waals surface area contributed by atoms with Crippen molar-refractivity contribution in [2.75, 3.05) is 0 Å². The standard InChI is InChI=1S/C42H28/c1-3-15-30(16-4-1)34-24-13-25-35(31-17-5-2-6-18-31)41(34)42-38-22-11-9-20-36(38)40(37-21-10-12-23-39(37)42)33-27-26-29-14-7-8-19-32(29)28-33/h1-28H. The number of benzene rings is 8. The molecule has 0 N–H and O–H groups in total. The van der Waals surface area contributed by atoms with Gasteiger partial charge in [0.15, 0.2) is 0 Å². The Hall–Kier alpha value is -5.46. The van der Waals surface area contributed by atoms with Crippen molar-refractivity contribution >= 4 is 32.3 Å². The van der Waals surface area contributed by atoms with Gasteiger partial charge in [0.25, 0.3) is 0 Å². The molecule has 0 aromatic heterocycles. The molecule has 0 nitrogen and oxygen atoms in total. The van der Waals surface area contributed by atoms with Gasteiger partial charge in [0.2, 0.25) is 0 Å². The fraction of sp³-hybridized carbons (Fsp3) is 0. The predicted octanol–water partition coefficient (Wildman–Crippen LogP) is 11.8. The van der Waals surface area contributed by atoms with E-state index in [9.17, 15) is 0 Å². The van der Waals surface area contributed by atoms with Gasteiger partial charge in [-0.15, -0.1) is 0 Å². The van der Waals surface area contributed by atoms with E-state index in [-0.39, 0.29) is 0 Å². The molecular formula is C42H28. The lowest BCUT2D eigenvalue weighted by Crippen LogP contribution is -1.95. The smallest absolute Gasteiger partial charge is 0.00139 e. The molecule has 8 aromatic carbocycles. The molecule has 0 aliphatic carbocycles. The third-order valence-corrected chi connectivity index (χ3v) is 8.45. The van der Waals surface area contributed by atoms with Gasteiger partial charge in [0, 0.05) is 0 Å². The first-order chi connectivity index (χ1) is 20.9. The second-order valence-electron chi connectivity index (χ2n) is 10.9. The highest BCUT2D eigenvalue weighted by Gasteiger charge is 2.21. The zero-order chi connectivity index (χ0) is 27.9. The monoisotopic (exact) mass is 532 g/mol. The maximum absolute atomic E-state index is 2.34. The summed E-state index contributed by atoms with van der Waals surface area (Å²) in [6.07, 6.45) is 0. The molecule has 42 heavy (non-hydrogen) atoms. The van der Waals surface area contributed by atoms with Crippen molar-refractivity contribution in [2.24, 2.45) is 0 Å². The van der Waals surface area contributed by atoms with Crippen LogP contribution in [0.2, 0.25) is 0 Å². The molecule has 8 rings (SSSR count). The van der Waals surface area contributed by atoms with E-state index in [1.807, 2.05) is 0 Å². The minimum Gasteiger partial charge on any atom is -0.0622 e. The molecule has 0 saturated carbocycles. The fourth-order valence-electron chi connectivity index (χ4n) is 6.59. The lowest BCUT2D eigenvalue weighted by atomic mass is 9.81. The lowest BCUT2D eigenvalue weighted by molar-refractivity contribution is 1.58. The van der Waals surface area contributed by atoms with E-state index in [4.69, 9.17) is 0 Å². The first kappa shape index (κ1) is 24.3. The molecule has 0 radical (unpaired) electrons. The van der Waals surface area contributed by atoms with Gasteiger partial charge in [-0.2, -0.15) is 0 Å². The Kier molecular flexibility index (Phi) is 5.90. The normalized spacial score (nSPS) is 11.3. The molecule has 0 aliphatic rings. The molecule has 0 amide bonds. The van der Waals surface area contributed by atoms with Gasteiger partial charge in [-0.05, 0) is 82.9 Å². The van der Waals surface area contributed by atoms with Crippen molar-refractivity contribution in [3.63, 3.8) is 0 Å². The van der Waals surface area contributed by atoms with Crippen LogP contribution in [0, 0.1) is 0 Å². The van der Waals surface area contributed by atoms with E-state index in [1.165, 1.54) is 76.8 Å². The summed E-state index contributed by atoms with van der Waals surface area (Å²) in [5, 5.41) is 7.58. The van der Waals surface area contributed by atoms with Crippen LogP contribution in [0.5, 0.6) is 0 Å². The SMILES string of the molecule is c1ccc(-c2cccc(-c3ccccc3)c2-c2c3ccccc3c(-c3ccc4ccccc4c3)c3ccccc23)cc1. The van der Waals surface area contributed by atoms with Gasteiger partial charge in [0.05, 0.1) is 0 Å². The maximum atomic E-state index is 2.34. The summed E-state index contributed by atoms with van der Waals surface area (Å²) in [5.41, 5.74) is 10.0. The Morgan fingerprint density at radius 1 is 0.238 bits per heavy atom. The van der Waals surface area contributed by atoms with Crippen LogP contribution in [0.4, 0.5) is 0 Å². The molecule has 0 unspecified atom stereocenters. The summed E-state index contributed by atoms with van der Waals surface area (Å²) in [4.78, 5) is 0. The van der Waals surface area contributed by atoms with Crippen LogP contribution in [0.25, 0.3) is 76.8 Å². The number of hydrogen-bond acceptors (Lipinski definition) is 0. The summed E-state index contributed by atoms with van der Waals surface area (Å²) < 4.78 is 0. The Bertz CT molecular complexity index is 2110. The molecule has 0 spiro atoms. The van der Waals surface area contributed by atoms with Crippen molar-refractivity contribution in [1.82, 2.24) is 0 Å². The topological polar surface area (TPSA) is 0 Å². The number of rotatable bonds is 4. The average Bonchev–Trinajstić information content (AvgIpc) is 3.07. The van der Waals surface area contributed by atoms with Crippen LogP contribution >= 0.6 is 0 Å². The van der Waals surface area contributed by atoms with Gasteiger partial charge >= 0.3 is 0 Å². The highest BCUT2D eigenvalue weighted by atomic mass is 14.2. The van der Waals surface area contributed by atoms with Crippen molar-refractivity contribution < 1.29 is 0 Å². The molecule has 8 aromatic rings. The van der Waals surface area contributed by atoms with E-state index in [0.717, 1.165) is 0 Å². The second kappa shape index (κ2) is 10.2. The highest BCUT2D eigenvalue weighted by molar-refractivity contribution is 6.24. The van der Waals surface area contributed by atoms with Gasteiger partial charge in [-0.25, -0.2) is 0 Å². The molecule has 196 valence electrons. The third kappa shape index (κ3) is 4.00. The van der Waals surface area contributed by atoms with Gasteiger partial charge in [0.1, 0.15) is 0 Å². The van der Waals surface area contributed by atoms with Gasteiger partial charge in [-0.3, -0.25) is 0 Å². The van der Waals surface area contributed by atoms with Crippen molar-refractivity contribution in [2.45, 2.75) is 0 Å². The number of fused-ring (bicyclic) bond motifs is 3. The summed E-state index contributed by atoms with van der Waals surface area (Å²) in [6, 6.07) is 61.8. The molecule has 0 atom stereocenters. The van der Waals surface area contributed by atoms with E-state index in [0.29, 0.717) is 0 Å². The Balaban J connectivity index is 1.54. The summed E-state index contributed by atoms with van der Waals surface area (Å²) in [5.74, 6) is 0. The highest BCUT2D eigenvalue weighted by Crippen LogP contribution is 2.49. The minimum absolute atomic E-state index is 1.22. The van der Waals surface area contributed by atoms with Crippen molar-refractivity contribution in [3.8, 4) is 44.5 Å². The van der Waals surface area contributed by atoms with Crippen molar-refractivity contribution in [1.29, 1.82) is 0 Å². The van der Waals surface area contributed by atoms with Crippen LogP contribution in [0.15, 0.2) is 170 Å². The predicted molar refractivity (Wildman–Crippen MR) is 181 cm³/mol. The van der Waals surface area contributed by atoms with Crippen LogP contribution < -0.4 is 0 Å². The molecule has 0 saturated heterocycles. The Morgan fingerprint density at radius 3 is 1.24 bits per heavy atom. The van der Waals surface area contributed by atoms with E-state index < -0.39 is 0 Å². The molecular weight excluding hydrogens is 504 g/mol. The first-order valence-electron chi connectivity index (χ1n) is 14.5. The van der Waals surface area contributed by atoms with Crippen LogP contribution in [-0.4, -0.2) is 0 Å². The minimum atomic E-state index is 1.22. The molecule has 0 fully saturated rings. The fourth-order valence-corrected chi connectivity index (χ4v) is 6.59. The van der Waals surface area contributed by atoms with Crippen LogP contribution in [0.3, 0.4) is 0 Å². The summed E-state index contributed by atoms with van der Waals surface area (Å²) in [7, 11) is 0. The third-order valence-electron chi connectivity index (χ3n) is 8.45. The number of hydrogen-bond donors (Lipinski definition) is 0. The molecule has 0 bridgehead atoms. The first-order valence-corrected chi connectivity index (χ1v) is 14.5. The maximum Gasteiger partial charge on any atom is -0.00139 e. The largest absolute Gasteiger partial charge is 0.0622 e.